The minimum Gasteiger partial charge on any atom is -0.497 e. The Bertz CT molecular complexity index is 1160. The summed E-state index contributed by atoms with van der Waals surface area (Å²) in [6.07, 6.45) is 1.73. The number of anilines is 2. The molecule has 2 fully saturated rings. The smallest absolute Gasteiger partial charge is 0.243 e. The Morgan fingerprint density at radius 3 is 2.52 bits per heavy atom. The number of sulfonamides is 1. The summed E-state index contributed by atoms with van der Waals surface area (Å²) in [6, 6.07) is 11.4. The molecule has 0 aliphatic carbocycles. The Morgan fingerprint density at radius 1 is 1.06 bits per heavy atom. The molecule has 0 aromatic heterocycles. The molecule has 2 aliphatic rings. The largest absolute Gasteiger partial charge is 0.497 e. The van der Waals surface area contributed by atoms with E-state index < -0.39 is 15.9 Å². The first-order valence-corrected chi connectivity index (χ1v) is 12.2. The number of ether oxygens (including phenoxy) is 2. The Labute approximate surface area is 193 Å². The molecule has 4 rings (SSSR count). The van der Waals surface area contributed by atoms with Crippen LogP contribution in [-0.4, -0.2) is 58.4 Å². The molecule has 2 aliphatic heterocycles. The van der Waals surface area contributed by atoms with Crippen LogP contribution in [0.4, 0.5) is 11.4 Å². The predicted molar refractivity (Wildman–Crippen MR) is 123 cm³/mol. The fourth-order valence-corrected chi connectivity index (χ4v) is 5.74. The number of nitrogens with one attached hydrogen (secondary N) is 1. The summed E-state index contributed by atoms with van der Waals surface area (Å²) in [6.45, 7) is 1.19. The van der Waals surface area contributed by atoms with E-state index in [1.54, 1.807) is 30.3 Å². The van der Waals surface area contributed by atoms with E-state index in [2.05, 4.69) is 5.32 Å². The zero-order valence-corrected chi connectivity index (χ0v) is 19.4. The van der Waals surface area contributed by atoms with E-state index in [9.17, 15) is 18.0 Å². The summed E-state index contributed by atoms with van der Waals surface area (Å²) >= 11 is 0. The number of rotatable bonds is 7. The standard InChI is InChI=1S/C23H27N3O6S/c1-31-18-8-9-21(32-2)20(14-18)26-15-16(12-22(26)27)23(28)24-17-6-5-7-19(13-17)33(29,30)25-10-3-4-11-25/h5-9,13-14,16H,3-4,10-12,15H2,1-2H3,(H,24,28). The van der Waals surface area contributed by atoms with Crippen molar-refractivity contribution in [3.8, 4) is 11.5 Å². The Hall–Kier alpha value is -3.11. The van der Waals surface area contributed by atoms with Gasteiger partial charge in [0.05, 0.1) is 30.7 Å². The molecule has 9 nitrogen and oxygen atoms in total. The summed E-state index contributed by atoms with van der Waals surface area (Å²) in [4.78, 5) is 27.3. The monoisotopic (exact) mass is 473 g/mol. The first-order valence-electron chi connectivity index (χ1n) is 10.8. The minimum absolute atomic E-state index is 0.0396. The SMILES string of the molecule is COc1ccc(OC)c(N2CC(C(=O)Nc3cccc(S(=O)(=O)N4CCCC4)c3)CC2=O)c1. The molecule has 0 radical (unpaired) electrons. The first-order chi connectivity index (χ1) is 15.8. The van der Waals surface area contributed by atoms with Gasteiger partial charge < -0.3 is 19.7 Å². The van der Waals surface area contributed by atoms with E-state index in [1.807, 2.05) is 0 Å². The molecule has 0 spiro atoms. The number of hydrogen-bond donors (Lipinski definition) is 1. The second kappa shape index (κ2) is 9.40. The molecule has 1 atom stereocenters. The van der Waals surface area contributed by atoms with Crippen LogP contribution in [0.25, 0.3) is 0 Å². The molecule has 1 unspecified atom stereocenters. The van der Waals surface area contributed by atoms with E-state index in [0.29, 0.717) is 36.0 Å². The summed E-state index contributed by atoms with van der Waals surface area (Å²) in [7, 11) is -0.543. The zero-order chi connectivity index (χ0) is 23.6. The number of methoxy groups -OCH3 is 2. The highest BCUT2D eigenvalue weighted by molar-refractivity contribution is 7.89. The number of benzene rings is 2. The molecule has 2 aromatic carbocycles. The van der Waals surface area contributed by atoms with Crippen molar-refractivity contribution < 1.29 is 27.5 Å². The summed E-state index contributed by atoms with van der Waals surface area (Å²) in [5.74, 6) is -0.0599. The summed E-state index contributed by atoms with van der Waals surface area (Å²) in [5, 5.41) is 2.77. The molecule has 33 heavy (non-hydrogen) atoms. The molecule has 1 N–H and O–H groups in total. The third kappa shape index (κ3) is 4.67. The van der Waals surface area contributed by atoms with E-state index in [-0.39, 0.29) is 29.7 Å². The van der Waals surface area contributed by atoms with E-state index in [0.717, 1.165) is 12.8 Å². The number of nitrogens with zero attached hydrogens (tertiary/aromatic N) is 2. The fraction of sp³-hybridized carbons (Fsp3) is 0.391. The van der Waals surface area contributed by atoms with Crippen LogP contribution in [0.3, 0.4) is 0 Å². The quantitative estimate of drug-likeness (QED) is 0.662. The highest BCUT2D eigenvalue weighted by Crippen LogP contribution is 2.36. The molecule has 2 saturated heterocycles. The van der Waals surface area contributed by atoms with Gasteiger partial charge in [-0.2, -0.15) is 4.31 Å². The second-order valence-electron chi connectivity index (χ2n) is 8.07. The third-order valence-electron chi connectivity index (χ3n) is 5.98. The number of amides is 2. The summed E-state index contributed by atoms with van der Waals surface area (Å²) in [5.41, 5.74) is 0.918. The summed E-state index contributed by atoms with van der Waals surface area (Å²) < 4.78 is 37.7. The van der Waals surface area contributed by atoms with Gasteiger partial charge in [0.1, 0.15) is 11.5 Å². The van der Waals surface area contributed by atoms with Crippen LogP contribution in [0, 0.1) is 5.92 Å². The lowest BCUT2D eigenvalue weighted by atomic mass is 10.1. The molecule has 10 heteroatoms. The van der Waals surface area contributed by atoms with Crippen molar-refractivity contribution in [3.05, 3.63) is 42.5 Å². The third-order valence-corrected chi connectivity index (χ3v) is 7.87. The van der Waals surface area contributed by atoms with Crippen LogP contribution < -0.4 is 19.7 Å². The van der Waals surface area contributed by atoms with Gasteiger partial charge in [0.25, 0.3) is 0 Å². The maximum absolute atomic E-state index is 12.9. The highest BCUT2D eigenvalue weighted by atomic mass is 32.2. The van der Waals surface area contributed by atoms with E-state index in [1.165, 1.54) is 35.6 Å². The Morgan fingerprint density at radius 2 is 1.82 bits per heavy atom. The second-order valence-corrected chi connectivity index (χ2v) is 10.0. The topological polar surface area (TPSA) is 105 Å². The average molecular weight is 474 g/mol. The van der Waals surface area contributed by atoms with Crippen molar-refractivity contribution >= 4 is 33.2 Å². The number of carbonyl (C=O) groups is 2. The maximum atomic E-state index is 12.9. The molecule has 2 aromatic rings. The van der Waals surface area contributed by atoms with Gasteiger partial charge in [-0.3, -0.25) is 9.59 Å². The molecule has 0 bridgehead atoms. The Kier molecular flexibility index (Phi) is 6.57. The van der Waals surface area contributed by atoms with Crippen molar-refractivity contribution in [2.75, 3.05) is 44.1 Å². The van der Waals surface area contributed by atoms with Crippen molar-refractivity contribution in [3.63, 3.8) is 0 Å². The molecule has 176 valence electrons. The van der Waals surface area contributed by atoms with Gasteiger partial charge in [0, 0.05) is 37.8 Å². The highest BCUT2D eigenvalue weighted by Gasteiger charge is 2.36. The van der Waals surface area contributed by atoms with Gasteiger partial charge in [-0.15, -0.1) is 0 Å². The predicted octanol–water partition coefficient (Wildman–Crippen LogP) is 2.48. The van der Waals surface area contributed by atoms with Crippen LogP contribution in [0.15, 0.2) is 47.4 Å². The van der Waals surface area contributed by atoms with Gasteiger partial charge in [-0.1, -0.05) is 6.07 Å². The molecule has 0 saturated carbocycles. The van der Waals surface area contributed by atoms with E-state index in [4.69, 9.17) is 9.47 Å². The number of carbonyl (C=O) groups excluding carboxylic acids is 2. The van der Waals surface area contributed by atoms with Crippen molar-refractivity contribution in [1.29, 1.82) is 0 Å². The molecular formula is C23H27N3O6S. The molecule has 2 heterocycles. The molecular weight excluding hydrogens is 446 g/mol. The van der Waals surface area contributed by atoms with Crippen molar-refractivity contribution in [2.45, 2.75) is 24.2 Å². The first kappa shape index (κ1) is 23.1. The van der Waals surface area contributed by atoms with Crippen LogP contribution in [0.2, 0.25) is 0 Å². The van der Waals surface area contributed by atoms with Gasteiger partial charge in [0.15, 0.2) is 0 Å². The molecule has 2 amide bonds. The van der Waals surface area contributed by atoms with E-state index >= 15 is 0 Å². The normalized spacial score (nSPS) is 19.0. The number of hydrogen-bond acceptors (Lipinski definition) is 6. The fourth-order valence-electron chi connectivity index (χ4n) is 4.18. The van der Waals surface area contributed by atoms with Crippen LogP contribution >= 0.6 is 0 Å². The van der Waals surface area contributed by atoms with Crippen LogP contribution in [0.1, 0.15) is 19.3 Å². The van der Waals surface area contributed by atoms with Gasteiger partial charge >= 0.3 is 0 Å². The van der Waals surface area contributed by atoms with Gasteiger partial charge in [-0.25, -0.2) is 8.42 Å². The lowest BCUT2D eigenvalue weighted by Gasteiger charge is -2.20. The minimum atomic E-state index is -3.59. The lowest BCUT2D eigenvalue weighted by Crippen LogP contribution is -2.29. The average Bonchev–Trinajstić information content (AvgIpc) is 3.49. The van der Waals surface area contributed by atoms with Crippen molar-refractivity contribution in [2.24, 2.45) is 5.92 Å². The zero-order valence-electron chi connectivity index (χ0n) is 18.6. The van der Waals surface area contributed by atoms with Crippen LogP contribution in [0.5, 0.6) is 11.5 Å². The van der Waals surface area contributed by atoms with Crippen molar-refractivity contribution in [1.82, 2.24) is 4.31 Å². The van der Waals surface area contributed by atoms with Crippen LogP contribution in [-0.2, 0) is 19.6 Å². The van der Waals surface area contributed by atoms with Gasteiger partial charge in [-0.05, 0) is 43.2 Å². The maximum Gasteiger partial charge on any atom is 0.243 e. The van der Waals surface area contributed by atoms with Gasteiger partial charge in [0.2, 0.25) is 21.8 Å². The lowest BCUT2D eigenvalue weighted by molar-refractivity contribution is -0.122. The Balaban J connectivity index is 1.49.